The second-order valence-electron chi connectivity index (χ2n) is 13.8. The Hall–Kier alpha value is -4.65. The number of hydrogen-bond donors (Lipinski definition) is 0. The van der Waals surface area contributed by atoms with Gasteiger partial charge < -0.3 is 18.6 Å². The van der Waals surface area contributed by atoms with Crippen LogP contribution in [0.15, 0.2) is 74.1 Å². The predicted molar refractivity (Wildman–Crippen MR) is 189 cm³/mol. The lowest BCUT2D eigenvalue weighted by atomic mass is 9.99. The molecule has 2 aliphatic rings. The summed E-state index contributed by atoms with van der Waals surface area (Å²) in [4.78, 5) is 51.7. The number of thiophene rings is 1. The lowest BCUT2D eigenvalue weighted by Gasteiger charge is -2.33. The summed E-state index contributed by atoms with van der Waals surface area (Å²) in [5.41, 5.74) is -3.75. The summed E-state index contributed by atoms with van der Waals surface area (Å²) in [5.74, 6) is -3.10. The SMILES string of the molecule is Cc1c(-c2ncco2)sc2c1c(=O)n(C(C)(C)C(=O)CS(=O)(=O)c1ccccn1)c(=O)n2C[C@H](OC1C[C@H]2CC[C@@H](C1)O2)c1cc(F)ccc1OC(F)F. The number of aromatic nitrogens is 4. The largest absolute Gasteiger partial charge is 0.444 e. The third-order valence-electron chi connectivity index (χ3n) is 9.84. The van der Waals surface area contributed by atoms with E-state index in [1.165, 1.54) is 50.7 Å². The maximum atomic E-state index is 14.9. The molecule has 4 atom stereocenters. The van der Waals surface area contributed by atoms with E-state index in [-0.39, 0.29) is 44.7 Å². The van der Waals surface area contributed by atoms with Crippen LogP contribution < -0.4 is 16.0 Å². The van der Waals surface area contributed by atoms with E-state index in [0.29, 0.717) is 27.8 Å². The Labute approximate surface area is 310 Å². The van der Waals surface area contributed by atoms with Gasteiger partial charge in [-0.1, -0.05) is 6.07 Å². The lowest BCUT2D eigenvalue weighted by molar-refractivity contribution is -0.123. The number of Topliss-reactive ketones (excluding diaryl/α,β-unsaturated/α-hetero) is 1. The molecule has 2 fully saturated rings. The van der Waals surface area contributed by atoms with Gasteiger partial charge in [0.25, 0.3) is 5.56 Å². The molecule has 0 amide bonds. The van der Waals surface area contributed by atoms with Crippen LogP contribution in [0.25, 0.3) is 21.0 Å². The van der Waals surface area contributed by atoms with Crippen molar-refractivity contribution in [1.82, 2.24) is 19.1 Å². The number of oxazole rings is 1. The summed E-state index contributed by atoms with van der Waals surface area (Å²) >= 11 is 0.987. The number of fused-ring (bicyclic) bond motifs is 3. The van der Waals surface area contributed by atoms with E-state index in [1.807, 2.05) is 0 Å². The molecule has 13 nitrogen and oxygen atoms in total. The van der Waals surface area contributed by atoms with E-state index in [4.69, 9.17) is 18.6 Å². The van der Waals surface area contributed by atoms with Gasteiger partial charge in [-0.15, -0.1) is 11.3 Å². The summed E-state index contributed by atoms with van der Waals surface area (Å²) in [7, 11) is -4.30. The molecule has 0 saturated carbocycles. The molecule has 0 aliphatic carbocycles. The smallest absolute Gasteiger partial charge is 0.387 e. The van der Waals surface area contributed by atoms with E-state index in [9.17, 15) is 36.0 Å². The molecule has 5 aromatic rings. The van der Waals surface area contributed by atoms with E-state index in [1.54, 1.807) is 6.92 Å². The van der Waals surface area contributed by atoms with Gasteiger partial charge in [-0.3, -0.25) is 14.2 Å². The Bertz CT molecular complexity index is 2420. The van der Waals surface area contributed by atoms with Gasteiger partial charge in [0.1, 0.15) is 40.1 Å². The zero-order chi connectivity index (χ0) is 38.5. The van der Waals surface area contributed by atoms with Crippen molar-refractivity contribution in [3.63, 3.8) is 0 Å². The number of alkyl halides is 2. The average molecular weight is 789 g/mol. The fraction of sp³-hybridized carbons (Fsp3) is 0.417. The monoisotopic (exact) mass is 788 g/mol. The molecule has 2 aliphatic heterocycles. The highest BCUT2D eigenvalue weighted by Crippen LogP contribution is 2.40. The number of pyridine rings is 1. The summed E-state index contributed by atoms with van der Waals surface area (Å²) in [6.07, 6.45) is 4.50. The van der Waals surface area contributed by atoms with Crippen molar-refractivity contribution in [1.29, 1.82) is 0 Å². The molecule has 0 N–H and O–H groups in total. The highest BCUT2D eigenvalue weighted by molar-refractivity contribution is 7.92. The molecular weight excluding hydrogens is 754 g/mol. The predicted octanol–water partition coefficient (Wildman–Crippen LogP) is 5.57. The first-order valence-corrected chi connectivity index (χ1v) is 19.5. The van der Waals surface area contributed by atoms with Gasteiger partial charge >= 0.3 is 12.3 Å². The van der Waals surface area contributed by atoms with Crippen LogP contribution in [0, 0.1) is 12.7 Å². The van der Waals surface area contributed by atoms with Crippen LogP contribution in [0.4, 0.5) is 13.2 Å². The van der Waals surface area contributed by atoms with Gasteiger partial charge in [0.05, 0.1) is 41.3 Å². The van der Waals surface area contributed by atoms with Gasteiger partial charge in [0.15, 0.2) is 10.8 Å². The molecule has 1 unspecified atom stereocenters. The number of nitrogens with zero attached hydrogens (tertiary/aromatic N) is 4. The summed E-state index contributed by atoms with van der Waals surface area (Å²) in [6, 6.07) is 7.16. The molecule has 6 heterocycles. The van der Waals surface area contributed by atoms with Crippen LogP contribution in [-0.4, -0.2) is 64.0 Å². The fourth-order valence-electron chi connectivity index (χ4n) is 7.13. The maximum Gasteiger partial charge on any atom is 0.387 e. The molecular formula is C36H35F3N4O9S2. The zero-order valence-electron chi connectivity index (χ0n) is 29.2. The van der Waals surface area contributed by atoms with Crippen LogP contribution in [0.5, 0.6) is 5.75 Å². The van der Waals surface area contributed by atoms with E-state index < -0.39 is 69.3 Å². The van der Waals surface area contributed by atoms with Crippen molar-refractivity contribution in [3.8, 4) is 16.5 Å². The zero-order valence-corrected chi connectivity index (χ0v) is 30.9. The van der Waals surface area contributed by atoms with Crippen LogP contribution >= 0.6 is 11.3 Å². The van der Waals surface area contributed by atoms with Crippen molar-refractivity contribution in [2.24, 2.45) is 0 Å². The first kappa shape index (κ1) is 37.7. The van der Waals surface area contributed by atoms with Crippen molar-refractivity contribution in [2.75, 3.05) is 5.75 Å². The van der Waals surface area contributed by atoms with Gasteiger partial charge in [-0.05, 0) is 82.3 Å². The quantitative estimate of drug-likeness (QED) is 0.147. The van der Waals surface area contributed by atoms with E-state index in [2.05, 4.69) is 9.97 Å². The Morgan fingerprint density at radius 3 is 2.48 bits per heavy atom. The van der Waals surface area contributed by atoms with Crippen LogP contribution in [0.3, 0.4) is 0 Å². The molecule has 7 rings (SSSR count). The summed E-state index contributed by atoms with van der Waals surface area (Å²) < 4.78 is 93.5. The molecule has 0 radical (unpaired) electrons. The lowest BCUT2D eigenvalue weighted by Crippen LogP contribution is -2.54. The number of carbonyl (C=O) groups excluding carboxylic acids is 1. The standard InChI is InChI=1S/C36H35F3N4O9S2/c1-19-29-32(45)43(36(2,3)27(44)18-54(47,48)28-6-4-5-11-40-28)35(46)42(33(29)53-30(19)31-41-12-13-49-31)17-26(51-23-15-21-8-9-22(16-23)50-21)24-14-20(37)7-10-25(24)52-34(38)39/h4-7,10-14,21-23,26,34H,8-9,15-18H2,1-3H3/t21-,22+,23?,26-/m0/s1. The Kier molecular flexibility index (Phi) is 10.1. The summed E-state index contributed by atoms with van der Waals surface area (Å²) in [6.45, 7) is 0.374. The number of ether oxygens (including phenoxy) is 3. The minimum atomic E-state index is -4.30. The highest BCUT2D eigenvalue weighted by Gasteiger charge is 2.40. The molecule has 2 saturated heterocycles. The molecule has 18 heteroatoms. The third-order valence-corrected chi connectivity index (χ3v) is 12.7. The first-order valence-electron chi connectivity index (χ1n) is 17.1. The normalized spacial score (nSPS) is 19.4. The third kappa shape index (κ3) is 7.14. The number of halogens is 3. The van der Waals surface area contributed by atoms with Crippen molar-refractivity contribution >= 4 is 37.2 Å². The average Bonchev–Trinajstić information content (AvgIpc) is 3.86. The highest BCUT2D eigenvalue weighted by atomic mass is 32.2. The number of benzene rings is 1. The second kappa shape index (κ2) is 14.5. The van der Waals surface area contributed by atoms with Gasteiger partial charge in [0.2, 0.25) is 15.7 Å². The van der Waals surface area contributed by atoms with E-state index in [0.717, 1.165) is 46.9 Å². The topological polar surface area (TPSA) is 162 Å². The fourth-order valence-corrected chi connectivity index (χ4v) is 9.72. The Morgan fingerprint density at radius 1 is 1.09 bits per heavy atom. The van der Waals surface area contributed by atoms with E-state index >= 15 is 0 Å². The molecule has 4 aromatic heterocycles. The molecule has 0 spiro atoms. The Balaban J connectivity index is 1.41. The number of hydrogen-bond acceptors (Lipinski definition) is 12. The number of sulfone groups is 1. The van der Waals surface area contributed by atoms with Crippen molar-refractivity contribution in [2.45, 2.75) is 94.6 Å². The molecule has 54 heavy (non-hydrogen) atoms. The van der Waals surface area contributed by atoms with Crippen LogP contribution in [-0.2, 0) is 36.2 Å². The first-order chi connectivity index (χ1) is 25.6. The van der Waals surface area contributed by atoms with Crippen LogP contribution in [0.1, 0.15) is 56.8 Å². The van der Waals surface area contributed by atoms with Gasteiger partial charge in [0, 0.05) is 11.8 Å². The number of carbonyl (C=O) groups is 1. The second-order valence-corrected chi connectivity index (χ2v) is 16.7. The number of ketones is 1. The minimum Gasteiger partial charge on any atom is -0.444 e. The number of rotatable bonds is 13. The van der Waals surface area contributed by atoms with Crippen molar-refractivity contribution in [3.05, 3.63) is 92.8 Å². The molecule has 286 valence electrons. The van der Waals surface area contributed by atoms with Gasteiger partial charge in [-0.25, -0.2) is 32.1 Å². The summed E-state index contributed by atoms with van der Waals surface area (Å²) in [5, 5.41) is -0.371. The Morgan fingerprint density at radius 2 is 1.83 bits per heavy atom. The maximum absolute atomic E-state index is 14.9. The number of aryl methyl sites for hydroxylation is 1. The van der Waals surface area contributed by atoms with Gasteiger partial charge in [-0.2, -0.15) is 8.78 Å². The van der Waals surface area contributed by atoms with Crippen LogP contribution in [0.2, 0.25) is 0 Å². The minimum absolute atomic E-state index is 0.00702. The molecule has 1 aromatic carbocycles. The molecule has 2 bridgehead atoms. The van der Waals surface area contributed by atoms with Crippen molar-refractivity contribution < 1.29 is 45.0 Å².